The third-order valence-corrected chi connectivity index (χ3v) is 9.55. The Morgan fingerprint density at radius 2 is 0.857 bits per heavy atom. The summed E-state index contributed by atoms with van der Waals surface area (Å²) in [5.41, 5.74) is 5.50. The molecule has 2 fully saturated rings. The minimum Gasteiger partial charge on any atom is -0.304 e. The molecule has 6 rings (SSSR count). The van der Waals surface area contributed by atoms with E-state index in [0.29, 0.717) is 0 Å². The molecule has 0 spiro atoms. The van der Waals surface area contributed by atoms with Gasteiger partial charge in [0.2, 0.25) is 0 Å². The van der Waals surface area contributed by atoms with Gasteiger partial charge in [0, 0.05) is 36.0 Å². The molecule has 4 aliphatic rings. The minimum atomic E-state index is -1.20. The van der Waals surface area contributed by atoms with Gasteiger partial charge in [-0.1, -0.05) is 36.4 Å². The molecule has 42 heavy (non-hydrogen) atoms. The Hall–Kier alpha value is -5.72. The summed E-state index contributed by atoms with van der Waals surface area (Å²) in [6.07, 6.45) is 0. The molecule has 2 saturated heterocycles. The van der Waals surface area contributed by atoms with E-state index in [-0.39, 0.29) is 23.9 Å². The average molecular weight is 545 g/mol. The lowest BCUT2D eigenvalue weighted by atomic mass is 9.62. The Labute approximate surface area is 242 Å². The Bertz CT molecular complexity index is 1680. The molecule has 10 unspecified atom stereocenters. The first-order chi connectivity index (χ1) is 20.5. The molecule has 10 heteroatoms. The van der Waals surface area contributed by atoms with Crippen molar-refractivity contribution >= 4 is 0 Å². The Morgan fingerprint density at radius 3 is 1.17 bits per heavy atom. The number of nitriles is 8. The van der Waals surface area contributed by atoms with Crippen LogP contribution in [-0.2, 0) is 0 Å². The Kier molecular flexibility index (Phi) is 6.33. The molecule has 0 radical (unpaired) electrons. The largest absolute Gasteiger partial charge is 0.304 e. The van der Waals surface area contributed by atoms with Gasteiger partial charge in [0.25, 0.3) is 0 Å². The van der Waals surface area contributed by atoms with Crippen molar-refractivity contribution in [3.8, 4) is 59.7 Å². The number of nitrogens with one attached hydrogen (secondary N) is 2. The van der Waals surface area contributed by atoms with Crippen molar-refractivity contribution in [1.29, 1.82) is 42.1 Å². The van der Waals surface area contributed by atoms with Gasteiger partial charge in [-0.15, -0.1) is 0 Å². The highest BCUT2D eigenvalue weighted by atomic mass is 15.1. The Balaban J connectivity index is 1.54. The summed E-state index contributed by atoms with van der Waals surface area (Å²) in [5, 5.41) is 86.0. The van der Waals surface area contributed by atoms with Crippen LogP contribution in [0.25, 0.3) is 11.1 Å². The van der Waals surface area contributed by atoms with Gasteiger partial charge in [0.05, 0.1) is 72.2 Å². The second-order valence-corrected chi connectivity index (χ2v) is 11.1. The highest BCUT2D eigenvalue weighted by Gasteiger charge is 2.57. The Morgan fingerprint density at radius 1 is 0.500 bits per heavy atom. The van der Waals surface area contributed by atoms with Gasteiger partial charge in [-0.05, 0) is 33.4 Å². The molecule has 198 valence electrons. The fraction of sp³-hybridized carbons (Fsp3) is 0.375. The van der Waals surface area contributed by atoms with Crippen molar-refractivity contribution in [2.24, 2.45) is 35.5 Å². The molecule has 2 heterocycles. The zero-order valence-corrected chi connectivity index (χ0v) is 22.0. The molecule has 10 atom stereocenters. The maximum absolute atomic E-state index is 10.4. The predicted octanol–water partition coefficient (Wildman–Crippen LogP) is 3.46. The lowest BCUT2D eigenvalue weighted by molar-refractivity contribution is 0.377. The van der Waals surface area contributed by atoms with Crippen LogP contribution in [-0.4, -0.2) is 12.1 Å². The van der Waals surface area contributed by atoms with E-state index >= 15 is 0 Å². The van der Waals surface area contributed by atoms with Crippen molar-refractivity contribution in [2.75, 3.05) is 0 Å². The van der Waals surface area contributed by atoms with E-state index in [0.717, 1.165) is 33.4 Å². The second-order valence-electron chi connectivity index (χ2n) is 11.1. The number of rotatable bonds is 4. The second kappa shape index (κ2) is 10.0. The molecule has 2 aromatic rings. The molecular weight excluding hydrogens is 524 g/mol. The summed E-state index contributed by atoms with van der Waals surface area (Å²) in [4.78, 5) is 0. The molecule has 0 saturated carbocycles. The van der Waals surface area contributed by atoms with Crippen molar-refractivity contribution in [2.45, 2.75) is 36.0 Å². The highest BCUT2D eigenvalue weighted by Crippen LogP contribution is 2.62. The molecular formula is C32H20N10. The number of nitrogens with zero attached hydrogens (tertiary/aromatic N) is 8. The van der Waals surface area contributed by atoms with Gasteiger partial charge in [-0.25, -0.2) is 0 Å². The van der Waals surface area contributed by atoms with Gasteiger partial charge in [-0.3, -0.25) is 0 Å². The fourth-order valence-electron chi connectivity index (χ4n) is 7.91. The van der Waals surface area contributed by atoms with E-state index in [1.807, 2.05) is 60.7 Å². The van der Waals surface area contributed by atoms with E-state index in [1.165, 1.54) is 0 Å². The van der Waals surface area contributed by atoms with Crippen LogP contribution in [0.3, 0.4) is 0 Å². The first-order valence-corrected chi connectivity index (χ1v) is 13.5. The maximum Gasteiger partial charge on any atom is 0.150 e. The van der Waals surface area contributed by atoms with Crippen LogP contribution in [0.5, 0.6) is 0 Å². The molecule has 0 amide bonds. The molecule has 10 nitrogen and oxygen atoms in total. The number of hydrogen-bond donors (Lipinski definition) is 2. The third-order valence-electron chi connectivity index (χ3n) is 9.55. The summed E-state index contributed by atoms with van der Waals surface area (Å²) in [5.74, 6) is -6.55. The van der Waals surface area contributed by atoms with E-state index < -0.39 is 47.6 Å². The molecule has 0 aromatic heterocycles. The molecule has 2 aromatic carbocycles. The van der Waals surface area contributed by atoms with Crippen LogP contribution in [0.4, 0.5) is 0 Å². The summed E-state index contributed by atoms with van der Waals surface area (Å²) in [6.45, 7) is 0. The lowest BCUT2D eigenvalue weighted by Crippen LogP contribution is -2.38. The zero-order chi connectivity index (χ0) is 29.7. The quantitative estimate of drug-likeness (QED) is 0.571. The van der Waals surface area contributed by atoms with Crippen LogP contribution in [0.2, 0.25) is 0 Å². The number of hydrogen-bond acceptors (Lipinski definition) is 10. The highest BCUT2D eigenvalue weighted by molar-refractivity contribution is 5.84. The normalized spacial score (nSPS) is 30.2. The van der Waals surface area contributed by atoms with Crippen LogP contribution >= 0.6 is 0 Å². The maximum atomic E-state index is 10.4. The summed E-state index contributed by atoms with van der Waals surface area (Å²) < 4.78 is 0. The molecule has 2 N–H and O–H groups in total. The SMILES string of the molecule is N#CC(C#N)C(C#N)C1NC2c3cccc4c3-c3c(cccc3C2C1C#N)C1NC(C(C#N)C(C#N)C#N)C(C#N)C41. The van der Waals surface area contributed by atoms with Gasteiger partial charge in [-0.2, -0.15) is 42.1 Å². The van der Waals surface area contributed by atoms with E-state index in [2.05, 4.69) is 34.9 Å². The average Bonchev–Trinajstić information content (AvgIpc) is 3.61. The smallest absolute Gasteiger partial charge is 0.150 e. The molecule has 2 aliphatic heterocycles. The van der Waals surface area contributed by atoms with Gasteiger partial charge in [0.15, 0.2) is 11.8 Å². The third kappa shape index (κ3) is 3.36. The van der Waals surface area contributed by atoms with Crippen LogP contribution in [0.1, 0.15) is 46.2 Å². The fourth-order valence-corrected chi connectivity index (χ4v) is 7.91. The monoisotopic (exact) mass is 544 g/mol. The van der Waals surface area contributed by atoms with Crippen molar-refractivity contribution in [1.82, 2.24) is 10.6 Å². The van der Waals surface area contributed by atoms with Crippen LogP contribution in [0, 0.1) is 126 Å². The van der Waals surface area contributed by atoms with Crippen molar-refractivity contribution in [3.05, 3.63) is 58.7 Å². The van der Waals surface area contributed by atoms with Crippen LogP contribution < -0.4 is 10.6 Å². The minimum absolute atomic E-state index is 0.361. The van der Waals surface area contributed by atoms with Crippen molar-refractivity contribution in [3.63, 3.8) is 0 Å². The summed E-state index contributed by atoms with van der Waals surface area (Å²) >= 11 is 0. The van der Waals surface area contributed by atoms with E-state index in [4.69, 9.17) is 0 Å². The predicted molar refractivity (Wildman–Crippen MR) is 143 cm³/mol. The number of benzene rings is 2. The van der Waals surface area contributed by atoms with Gasteiger partial charge < -0.3 is 10.6 Å². The molecule has 0 bridgehead atoms. The van der Waals surface area contributed by atoms with E-state index in [9.17, 15) is 42.1 Å². The van der Waals surface area contributed by atoms with Gasteiger partial charge >= 0.3 is 0 Å². The van der Waals surface area contributed by atoms with E-state index in [1.54, 1.807) is 0 Å². The number of fused-ring (bicyclic) bond motifs is 6. The summed E-state index contributed by atoms with van der Waals surface area (Å²) in [7, 11) is 0. The first-order valence-electron chi connectivity index (χ1n) is 13.5. The standard InChI is InChI=1S/C32H20N10/c33-7-15(8-34)21(11-37)29-23(13-39)27-17-3-1-5-19-25(17)26-18(4-2-6-20(26)32(27)42-29)28-24(14-40)30(41-31(19)28)22(12-38)16(9-35)10-36/h1-6,15-16,21-24,27-32,41-42H. The van der Waals surface area contributed by atoms with Crippen molar-refractivity contribution < 1.29 is 0 Å². The van der Waals surface area contributed by atoms with Gasteiger partial charge in [0.1, 0.15) is 0 Å². The first kappa shape index (κ1) is 26.5. The molecule has 2 aliphatic carbocycles. The summed E-state index contributed by atoms with van der Waals surface area (Å²) in [6, 6.07) is 26.1. The van der Waals surface area contributed by atoms with Crippen LogP contribution in [0.15, 0.2) is 36.4 Å². The topological polar surface area (TPSA) is 214 Å². The zero-order valence-electron chi connectivity index (χ0n) is 22.0. The lowest BCUT2D eigenvalue weighted by Gasteiger charge is -2.40.